The molecule has 0 atom stereocenters. The van der Waals surface area contributed by atoms with E-state index in [1.807, 2.05) is 84.9 Å². The maximum absolute atomic E-state index is 13.4. The summed E-state index contributed by atoms with van der Waals surface area (Å²) in [6.07, 6.45) is 0.314. The fourth-order valence-electron chi connectivity index (χ4n) is 7.33. The summed E-state index contributed by atoms with van der Waals surface area (Å²) in [6, 6.07) is 27.5. The molecular weight excluding hydrogens is 584 g/mol. The van der Waals surface area contributed by atoms with Gasteiger partial charge in [0.2, 0.25) is 0 Å². The van der Waals surface area contributed by atoms with Crippen LogP contribution in [0.3, 0.4) is 0 Å². The van der Waals surface area contributed by atoms with Crippen LogP contribution >= 0.6 is 0 Å². The quantitative estimate of drug-likeness (QED) is 0.151. The molecule has 0 aliphatic heterocycles. The van der Waals surface area contributed by atoms with E-state index in [1.165, 1.54) is 28.4 Å². The molecule has 234 valence electrons. The zero-order chi connectivity index (χ0) is 32.6. The first-order chi connectivity index (χ1) is 22.2. The Morgan fingerprint density at radius 1 is 0.413 bits per heavy atom. The van der Waals surface area contributed by atoms with Gasteiger partial charge in [-0.2, -0.15) is 0 Å². The van der Waals surface area contributed by atoms with Crippen molar-refractivity contribution < 1.29 is 38.1 Å². The molecule has 2 aliphatic rings. The zero-order valence-electron chi connectivity index (χ0n) is 26.2. The third-order valence-corrected chi connectivity index (χ3v) is 9.54. The van der Waals surface area contributed by atoms with Crippen molar-refractivity contribution >= 4 is 23.9 Å². The molecule has 0 bridgehead atoms. The van der Waals surface area contributed by atoms with E-state index >= 15 is 0 Å². The average Bonchev–Trinajstić information content (AvgIpc) is 3.72. The first-order valence-electron chi connectivity index (χ1n) is 15.0. The van der Waals surface area contributed by atoms with Gasteiger partial charge in [0.05, 0.1) is 28.4 Å². The Hall–Kier alpha value is -5.24. The molecule has 0 amide bonds. The molecule has 0 fully saturated rings. The largest absolute Gasteiger partial charge is 0.468 e. The van der Waals surface area contributed by atoms with E-state index in [2.05, 4.69) is 0 Å². The van der Waals surface area contributed by atoms with E-state index in [4.69, 9.17) is 18.9 Å². The normalized spacial score (nSPS) is 15.3. The summed E-state index contributed by atoms with van der Waals surface area (Å²) >= 11 is 0. The molecule has 46 heavy (non-hydrogen) atoms. The van der Waals surface area contributed by atoms with Crippen molar-refractivity contribution in [2.45, 2.75) is 25.7 Å². The Morgan fingerprint density at radius 3 is 0.957 bits per heavy atom. The topological polar surface area (TPSA) is 105 Å². The van der Waals surface area contributed by atoms with Crippen molar-refractivity contribution in [1.82, 2.24) is 0 Å². The summed E-state index contributed by atoms with van der Waals surface area (Å²) in [4.78, 5) is 53.5. The Morgan fingerprint density at radius 2 is 0.674 bits per heavy atom. The third kappa shape index (κ3) is 4.67. The van der Waals surface area contributed by atoms with Crippen LogP contribution in [0.25, 0.3) is 33.4 Å². The Labute approximate surface area is 267 Å². The Kier molecular flexibility index (Phi) is 7.98. The molecule has 2 aliphatic carbocycles. The number of carbonyl (C=O) groups excluding carboxylic acids is 4. The van der Waals surface area contributed by atoms with Crippen LogP contribution in [0.2, 0.25) is 0 Å². The number of rotatable bonds is 7. The predicted molar refractivity (Wildman–Crippen MR) is 170 cm³/mol. The van der Waals surface area contributed by atoms with Crippen LogP contribution in [0.5, 0.6) is 0 Å². The second-order valence-electron chi connectivity index (χ2n) is 11.8. The van der Waals surface area contributed by atoms with Crippen molar-refractivity contribution in [2.75, 3.05) is 28.4 Å². The minimum Gasteiger partial charge on any atom is -0.468 e. The molecule has 0 heterocycles. The number of hydrogen-bond acceptors (Lipinski definition) is 8. The smallest absolute Gasteiger partial charge is 0.323 e. The molecule has 8 heteroatoms. The number of methoxy groups -OCH3 is 4. The summed E-state index contributed by atoms with van der Waals surface area (Å²) < 4.78 is 20.7. The van der Waals surface area contributed by atoms with E-state index in [0.717, 1.165) is 55.6 Å². The van der Waals surface area contributed by atoms with Crippen LogP contribution in [0.4, 0.5) is 0 Å². The van der Waals surface area contributed by atoms with Gasteiger partial charge in [0, 0.05) is 25.7 Å². The summed E-state index contributed by atoms with van der Waals surface area (Å²) in [5.41, 5.74) is 5.41. The molecule has 0 N–H and O–H groups in total. The van der Waals surface area contributed by atoms with Crippen LogP contribution < -0.4 is 0 Å². The SMILES string of the molecule is COC(=O)C1(C(=O)OC)Cc2c(-c3ccccc3)ccc(-c3ccc(-c4ccccc4)c4c3CC(C(=O)OC)(C(=O)OC)C4)c2C1. The number of ether oxygens (including phenoxy) is 4. The van der Waals surface area contributed by atoms with Gasteiger partial charge < -0.3 is 18.9 Å². The van der Waals surface area contributed by atoms with Gasteiger partial charge in [-0.1, -0.05) is 84.9 Å². The van der Waals surface area contributed by atoms with Crippen LogP contribution in [0.15, 0.2) is 84.9 Å². The predicted octanol–water partition coefficient (Wildman–Crippen LogP) is 5.55. The van der Waals surface area contributed by atoms with Crippen LogP contribution in [0.1, 0.15) is 22.3 Å². The highest BCUT2D eigenvalue weighted by Gasteiger charge is 2.56. The Balaban J connectivity index is 1.62. The standard InChI is InChI=1S/C38H34O8/c1-43-33(39)37(34(40)44-2)19-29-25(23-11-7-5-8-12-23)15-17-27(31(29)21-37)28-18-16-26(24-13-9-6-10-14-24)30-20-38(22-32(28)30,35(41)45-3)36(42)46-4/h5-18H,19-22H2,1-4H3. The van der Waals surface area contributed by atoms with Gasteiger partial charge in [-0.3, -0.25) is 19.2 Å². The first kappa shape index (κ1) is 30.8. The molecule has 0 saturated heterocycles. The van der Waals surface area contributed by atoms with Crippen LogP contribution in [-0.4, -0.2) is 52.3 Å². The molecule has 8 nitrogen and oxygen atoms in total. The third-order valence-electron chi connectivity index (χ3n) is 9.54. The van der Waals surface area contributed by atoms with E-state index in [0.29, 0.717) is 0 Å². The number of carbonyl (C=O) groups is 4. The summed E-state index contributed by atoms with van der Waals surface area (Å²) in [7, 11) is 5.07. The number of fused-ring (bicyclic) bond motifs is 2. The molecule has 0 saturated carbocycles. The van der Waals surface area contributed by atoms with Gasteiger partial charge >= 0.3 is 23.9 Å². The molecule has 0 unspecified atom stereocenters. The Bertz CT molecular complexity index is 1690. The first-order valence-corrected chi connectivity index (χ1v) is 15.0. The van der Waals surface area contributed by atoms with Gasteiger partial charge in [-0.25, -0.2) is 0 Å². The van der Waals surface area contributed by atoms with Gasteiger partial charge in [-0.15, -0.1) is 0 Å². The summed E-state index contributed by atoms with van der Waals surface area (Å²) in [5, 5.41) is 0. The zero-order valence-corrected chi connectivity index (χ0v) is 26.2. The lowest BCUT2D eigenvalue weighted by atomic mass is 9.83. The van der Waals surface area contributed by atoms with Crippen LogP contribution in [-0.2, 0) is 63.8 Å². The highest BCUT2D eigenvalue weighted by molar-refractivity contribution is 6.04. The number of benzene rings is 4. The summed E-state index contributed by atoms with van der Waals surface area (Å²) in [5.74, 6) is -2.66. The molecule has 4 aromatic rings. The van der Waals surface area contributed by atoms with Crippen molar-refractivity contribution in [3.63, 3.8) is 0 Å². The molecule has 0 aromatic heterocycles. The number of esters is 4. The van der Waals surface area contributed by atoms with Crippen LogP contribution in [0, 0.1) is 10.8 Å². The lowest BCUT2D eigenvalue weighted by Gasteiger charge is -2.23. The maximum atomic E-state index is 13.4. The fraction of sp³-hybridized carbons (Fsp3) is 0.263. The fourth-order valence-corrected chi connectivity index (χ4v) is 7.33. The second kappa shape index (κ2) is 11.9. The molecule has 4 aromatic carbocycles. The van der Waals surface area contributed by atoms with E-state index in [-0.39, 0.29) is 25.7 Å². The van der Waals surface area contributed by atoms with Gasteiger partial charge in [0.1, 0.15) is 0 Å². The van der Waals surface area contributed by atoms with Gasteiger partial charge in [0.25, 0.3) is 0 Å². The van der Waals surface area contributed by atoms with E-state index in [1.54, 1.807) is 0 Å². The monoisotopic (exact) mass is 618 g/mol. The molecule has 0 radical (unpaired) electrons. The van der Waals surface area contributed by atoms with Gasteiger partial charge in [0.15, 0.2) is 10.8 Å². The second-order valence-corrected chi connectivity index (χ2v) is 11.8. The highest BCUT2D eigenvalue weighted by Crippen LogP contribution is 2.51. The molecular formula is C38H34O8. The van der Waals surface area contributed by atoms with E-state index in [9.17, 15) is 19.2 Å². The summed E-state index contributed by atoms with van der Waals surface area (Å²) in [6.45, 7) is 0. The minimum absolute atomic E-state index is 0.0616. The molecule has 6 rings (SSSR count). The number of hydrogen-bond donors (Lipinski definition) is 0. The maximum Gasteiger partial charge on any atom is 0.323 e. The lowest BCUT2D eigenvalue weighted by molar-refractivity contribution is -0.170. The highest BCUT2D eigenvalue weighted by atomic mass is 16.6. The van der Waals surface area contributed by atoms with Crippen molar-refractivity contribution in [1.29, 1.82) is 0 Å². The van der Waals surface area contributed by atoms with E-state index < -0.39 is 34.7 Å². The van der Waals surface area contributed by atoms with Gasteiger partial charge in [-0.05, 0) is 55.6 Å². The van der Waals surface area contributed by atoms with Crippen molar-refractivity contribution in [2.24, 2.45) is 10.8 Å². The van der Waals surface area contributed by atoms with Crippen molar-refractivity contribution in [3.05, 3.63) is 107 Å². The average molecular weight is 619 g/mol. The lowest BCUT2D eigenvalue weighted by Crippen LogP contribution is -2.42. The van der Waals surface area contributed by atoms with Crippen molar-refractivity contribution in [3.8, 4) is 33.4 Å². The minimum atomic E-state index is -1.57. The molecule has 0 spiro atoms.